The highest BCUT2D eigenvalue weighted by atomic mass is 19.4. The summed E-state index contributed by atoms with van der Waals surface area (Å²) >= 11 is 0. The summed E-state index contributed by atoms with van der Waals surface area (Å²) in [6.07, 6.45) is -2.39. The summed E-state index contributed by atoms with van der Waals surface area (Å²) in [5.74, 6) is -0.490. The van der Waals surface area contributed by atoms with Crippen LogP contribution >= 0.6 is 0 Å². The van der Waals surface area contributed by atoms with Gasteiger partial charge in [0.1, 0.15) is 11.3 Å². The van der Waals surface area contributed by atoms with E-state index >= 15 is 0 Å². The monoisotopic (exact) mass is 273 g/mol. The Morgan fingerprint density at radius 2 is 2.00 bits per heavy atom. The lowest BCUT2D eigenvalue weighted by Gasteiger charge is -2.32. The smallest absolute Gasteiger partial charge is 0.406 e. The molecule has 1 aliphatic rings. The molecular formula is C13H14F3NO2. The van der Waals surface area contributed by atoms with Crippen molar-refractivity contribution in [3.8, 4) is 5.75 Å². The van der Waals surface area contributed by atoms with Crippen LogP contribution in [0.4, 0.5) is 13.2 Å². The molecule has 1 aliphatic carbocycles. The summed E-state index contributed by atoms with van der Waals surface area (Å²) in [4.78, 5) is 11.9. The van der Waals surface area contributed by atoms with Gasteiger partial charge in [0.15, 0.2) is 5.78 Å². The molecule has 0 heterocycles. The lowest BCUT2D eigenvalue weighted by atomic mass is 9.76. The Bertz CT molecular complexity index is 487. The molecule has 19 heavy (non-hydrogen) atoms. The number of Topliss-reactive ketones (excluding diaryl/α,β-unsaturated/α-hetero) is 1. The second kappa shape index (κ2) is 4.85. The molecule has 104 valence electrons. The molecule has 0 radical (unpaired) electrons. The zero-order valence-electron chi connectivity index (χ0n) is 10.2. The number of rotatable bonds is 2. The van der Waals surface area contributed by atoms with Crippen LogP contribution in [0.3, 0.4) is 0 Å². The fourth-order valence-corrected chi connectivity index (χ4v) is 2.33. The minimum atomic E-state index is -4.75. The van der Waals surface area contributed by atoms with Crippen LogP contribution in [0.25, 0.3) is 0 Å². The van der Waals surface area contributed by atoms with E-state index in [9.17, 15) is 18.0 Å². The van der Waals surface area contributed by atoms with Crippen LogP contribution < -0.4 is 10.5 Å². The Morgan fingerprint density at radius 1 is 1.26 bits per heavy atom. The second-order valence-corrected chi connectivity index (χ2v) is 4.68. The second-order valence-electron chi connectivity index (χ2n) is 4.68. The molecule has 3 nitrogen and oxygen atoms in total. The third-order valence-electron chi connectivity index (χ3n) is 3.31. The van der Waals surface area contributed by atoms with E-state index in [1.165, 1.54) is 18.2 Å². The van der Waals surface area contributed by atoms with Crippen molar-refractivity contribution in [2.45, 2.75) is 37.6 Å². The predicted octanol–water partition coefficient (Wildman–Crippen LogP) is 2.88. The van der Waals surface area contributed by atoms with Crippen molar-refractivity contribution in [1.82, 2.24) is 0 Å². The van der Waals surface area contributed by atoms with E-state index in [2.05, 4.69) is 4.74 Å². The van der Waals surface area contributed by atoms with Gasteiger partial charge in [-0.05, 0) is 30.5 Å². The molecule has 1 unspecified atom stereocenters. The van der Waals surface area contributed by atoms with Crippen molar-refractivity contribution in [2.24, 2.45) is 5.73 Å². The maximum atomic E-state index is 12.2. The number of benzene rings is 1. The maximum absolute atomic E-state index is 12.2. The standard InChI is InChI=1S/C13H14F3NO2/c14-13(15,16)19-10-5-3-4-9(8-10)12(17)7-2-1-6-11(12)18/h3-5,8H,1-2,6-7,17H2. The van der Waals surface area contributed by atoms with Gasteiger partial charge in [0.25, 0.3) is 0 Å². The first-order valence-corrected chi connectivity index (χ1v) is 6.00. The van der Waals surface area contributed by atoms with Crippen LogP contribution in [0.15, 0.2) is 24.3 Å². The number of ketones is 1. The van der Waals surface area contributed by atoms with E-state index in [1.807, 2.05) is 0 Å². The normalized spacial score (nSPS) is 24.3. The first-order chi connectivity index (χ1) is 8.81. The topological polar surface area (TPSA) is 52.3 Å². The number of carbonyl (C=O) groups is 1. The van der Waals surface area contributed by atoms with Gasteiger partial charge < -0.3 is 10.5 Å². The molecule has 6 heteroatoms. The number of ether oxygens (including phenoxy) is 1. The van der Waals surface area contributed by atoms with Crippen LogP contribution in [0.5, 0.6) is 5.75 Å². The van der Waals surface area contributed by atoms with E-state index in [0.717, 1.165) is 12.8 Å². The van der Waals surface area contributed by atoms with Gasteiger partial charge in [-0.15, -0.1) is 13.2 Å². The molecule has 1 aromatic rings. The molecule has 0 amide bonds. The van der Waals surface area contributed by atoms with Crippen LogP contribution in [-0.4, -0.2) is 12.1 Å². The molecule has 0 spiro atoms. The highest BCUT2D eigenvalue weighted by Gasteiger charge is 2.38. The van der Waals surface area contributed by atoms with Crippen molar-refractivity contribution in [1.29, 1.82) is 0 Å². The number of hydrogen-bond acceptors (Lipinski definition) is 3. The van der Waals surface area contributed by atoms with Gasteiger partial charge in [0.05, 0.1) is 0 Å². The molecule has 2 N–H and O–H groups in total. The number of nitrogens with two attached hydrogens (primary N) is 1. The summed E-state index contributed by atoms with van der Waals surface area (Å²) < 4.78 is 40.3. The predicted molar refractivity (Wildman–Crippen MR) is 62.5 cm³/mol. The van der Waals surface area contributed by atoms with E-state index in [1.54, 1.807) is 6.07 Å². The average molecular weight is 273 g/mol. The lowest BCUT2D eigenvalue weighted by Crippen LogP contribution is -2.46. The highest BCUT2D eigenvalue weighted by Crippen LogP contribution is 2.34. The minimum absolute atomic E-state index is 0.136. The van der Waals surface area contributed by atoms with E-state index < -0.39 is 11.9 Å². The van der Waals surface area contributed by atoms with Gasteiger partial charge in [-0.2, -0.15) is 0 Å². The molecule has 0 bridgehead atoms. The van der Waals surface area contributed by atoms with E-state index in [4.69, 9.17) is 5.73 Å². The molecule has 1 saturated carbocycles. The Balaban J connectivity index is 2.30. The van der Waals surface area contributed by atoms with Crippen molar-refractivity contribution >= 4 is 5.78 Å². The first kappa shape index (κ1) is 13.9. The lowest BCUT2D eigenvalue weighted by molar-refractivity contribution is -0.274. The summed E-state index contributed by atoms with van der Waals surface area (Å²) in [6.45, 7) is 0. The fourth-order valence-electron chi connectivity index (χ4n) is 2.33. The van der Waals surface area contributed by atoms with Gasteiger partial charge in [0.2, 0.25) is 0 Å². The number of halogens is 3. The number of carbonyl (C=O) groups excluding carboxylic acids is 1. The molecule has 2 rings (SSSR count). The molecule has 0 aliphatic heterocycles. The molecule has 1 fully saturated rings. The quantitative estimate of drug-likeness (QED) is 0.901. The van der Waals surface area contributed by atoms with Crippen LogP contribution in [0, 0.1) is 0 Å². The molecular weight excluding hydrogens is 259 g/mol. The zero-order valence-corrected chi connectivity index (χ0v) is 10.2. The first-order valence-electron chi connectivity index (χ1n) is 6.00. The average Bonchev–Trinajstić information content (AvgIpc) is 2.31. The van der Waals surface area contributed by atoms with Gasteiger partial charge >= 0.3 is 6.36 Å². The Morgan fingerprint density at radius 3 is 2.63 bits per heavy atom. The van der Waals surface area contributed by atoms with Crippen LogP contribution in [-0.2, 0) is 10.3 Å². The minimum Gasteiger partial charge on any atom is -0.406 e. The Hall–Kier alpha value is -1.56. The van der Waals surface area contributed by atoms with Gasteiger partial charge in [-0.3, -0.25) is 4.79 Å². The van der Waals surface area contributed by atoms with Crippen molar-refractivity contribution in [3.05, 3.63) is 29.8 Å². The third kappa shape index (κ3) is 3.07. The number of hydrogen-bond donors (Lipinski definition) is 1. The zero-order chi connectivity index (χ0) is 14.1. The SMILES string of the molecule is NC1(c2cccc(OC(F)(F)F)c2)CCCCC1=O. The van der Waals surface area contributed by atoms with Crippen molar-refractivity contribution in [3.63, 3.8) is 0 Å². The summed E-state index contributed by atoms with van der Waals surface area (Å²) in [5.41, 5.74) is 5.25. The van der Waals surface area contributed by atoms with Gasteiger partial charge in [-0.25, -0.2) is 0 Å². The molecule has 0 saturated heterocycles. The molecule has 1 aromatic carbocycles. The van der Waals surface area contributed by atoms with Crippen LogP contribution in [0.2, 0.25) is 0 Å². The number of alkyl halides is 3. The van der Waals surface area contributed by atoms with Crippen molar-refractivity contribution < 1.29 is 22.7 Å². The summed E-state index contributed by atoms with van der Waals surface area (Å²) in [5, 5.41) is 0. The molecule has 1 atom stereocenters. The summed E-state index contributed by atoms with van der Waals surface area (Å²) in [7, 11) is 0. The van der Waals surface area contributed by atoms with E-state index in [-0.39, 0.29) is 11.5 Å². The van der Waals surface area contributed by atoms with Gasteiger partial charge in [-0.1, -0.05) is 18.6 Å². The Labute approximate surface area is 108 Å². The van der Waals surface area contributed by atoms with Gasteiger partial charge in [0, 0.05) is 6.42 Å². The van der Waals surface area contributed by atoms with Crippen LogP contribution in [0.1, 0.15) is 31.2 Å². The summed E-state index contributed by atoms with van der Waals surface area (Å²) in [6, 6.07) is 5.35. The highest BCUT2D eigenvalue weighted by molar-refractivity contribution is 5.90. The largest absolute Gasteiger partial charge is 0.573 e. The maximum Gasteiger partial charge on any atom is 0.573 e. The van der Waals surface area contributed by atoms with Crippen molar-refractivity contribution in [2.75, 3.05) is 0 Å². The fraction of sp³-hybridized carbons (Fsp3) is 0.462. The third-order valence-corrected chi connectivity index (χ3v) is 3.31. The molecule has 0 aromatic heterocycles. The van der Waals surface area contributed by atoms with E-state index in [0.29, 0.717) is 18.4 Å². The Kier molecular flexibility index (Phi) is 3.54.